The SMILES string of the molecule is Cc1ccc(-c2cc3oc4cc5cc(C)ccc5nc4c3c[n+]2C)c(C)c1. The van der Waals surface area contributed by atoms with E-state index in [-0.39, 0.29) is 0 Å². The monoisotopic (exact) mass is 353 g/mol. The highest BCUT2D eigenvalue weighted by molar-refractivity contribution is 6.05. The second-order valence-electron chi connectivity index (χ2n) is 7.50. The first-order chi connectivity index (χ1) is 13.0. The minimum atomic E-state index is 0.834. The Bertz CT molecular complexity index is 1360. The lowest BCUT2D eigenvalue weighted by Crippen LogP contribution is -2.30. The Morgan fingerprint density at radius 1 is 0.852 bits per heavy atom. The lowest BCUT2D eigenvalue weighted by atomic mass is 10.0. The van der Waals surface area contributed by atoms with E-state index in [2.05, 4.69) is 87.1 Å². The summed E-state index contributed by atoms with van der Waals surface area (Å²) >= 11 is 0. The Morgan fingerprint density at radius 3 is 2.44 bits per heavy atom. The van der Waals surface area contributed by atoms with Crippen LogP contribution < -0.4 is 4.57 Å². The van der Waals surface area contributed by atoms with E-state index in [4.69, 9.17) is 9.40 Å². The van der Waals surface area contributed by atoms with Crippen molar-refractivity contribution in [3.8, 4) is 11.3 Å². The first-order valence-electron chi connectivity index (χ1n) is 9.20. The zero-order valence-corrected chi connectivity index (χ0v) is 16.0. The smallest absolute Gasteiger partial charge is 0.216 e. The van der Waals surface area contributed by atoms with Crippen LogP contribution in [0.3, 0.4) is 0 Å². The van der Waals surface area contributed by atoms with Gasteiger partial charge < -0.3 is 4.42 Å². The van der Waals surface area contributed by atoms with Gasteiger partial charge in [0.25, 0.3) is 0 Å². The number of furan rings is 1. The van der Waals surface area contributed by atoms with Crippen molar-refractivity contribution in [1.29, 1.82) is 0 Å². The first-order valence-corrected chi connectivity index (χ1v) is 9.20. The Kier molecular flexibility index (Phi) is 3.35. The predicted molar refractivity (Wildman–Crippen MR) is 110 cm³/mol. The third kappa shape index (κ3) is 2.50. The number of fused-ring (bicyclic) bond motifs is 4. The van der Waals surface area contributed by atoms with Gasteiger partial charge in [0.2, 0.25) is 5.69 Å². The van der Waals surface area contributed by atoms with Crippen molar-refractivity contribution >= 4 is 33.0 Å². The summed E-state index contributed by atoms with van der Waals surface area (Å²) in [5.41, 5.74) is 9.75. The van der Waals surface area contributed by atoms with Crippen molar-refractivity contribution in [2.75, 3.05) is 0 Å². The van der Waals surface area contributed by atoms with Crippen LogP contribution in [0, 0.1) is 20.8 Å². The number of hydrogen-bond donors (Lipinski definition) is 0. The van der Waals surface area contributed by atoms with Crippen LogP contribution >= 0.6 is 0 Å². The topological polar surface area (TPSA) is 29.9 Å². The largest absolute Gasteiger partial charge is 0.454 e. The van der Waals surface area contributed by atoms with E-state index in [1.807, 2.05) is 0 Å². The quantitative estimate of drug-likeness (QED) is 0.370. The molecule has 0 aliphatic rings. The van der Waals surface area contributed by atoms with Crippen LogP contribution in [0.5, 0.6) is 0 Å². The van der Waals surface area contributed by atoms with Crippen LogP contribution in [0.2, 0.25) is 0 Å². The number of pyridine rings is 2. The van der Waals surface area contributed by atoms with E-state index in [1.165, 1.54) is 22.3 Å². The van der Waals surface area contributed by atoms with Crippen LogP contribution in [0.25, 0.3) is 44.2 Å². The zero-order chi connectivity index (χ0) is 18.7. The van der Waals surface area contributed by atoms with Crippen molar-refractivity contribution in [3.05, 3.63) is 71.4 Å². The average molecular weight is 353 g/mol. The number of aromatic nitrogens is 2. The molecule has 3 nitrogen and oxygen atoms in total. The lowest BCUT2D eigenvalue weighted by molar-refractivity contribution is -0.659. The van der Waals surface area contributed by atoms with Gasteiger partial charge >= 0.3 is 0 Å². The fraction of sp³-hybridized carbons (Fsp3) is 0.167. The van der Waals surface area contributed by atoms with Gasteiger partial charge in [-0.15, -0.1) is 0 Å². The van der Waals surface area contributed by atoms with Crippen molar-refractivity contribution in [2.24, 2.45) is 7.05 Å². The molecule has 3 heterocycles. The van der Waals surface area contributed by atoms with Gasteiger partial charge in [0.1, 0.15) is 23.5 Å². The average Bonchev–Trinajstić information content (AvgIpc) is 2.96. The van der Waals surface area contributed by atoms with Gasteiger partial charge in [0, 0.05) is 10.9 Å². The highest BCUT2D eigenvalue weighted by atomic mass is 16.3. The van der Waals surface area contributed by atoms with Crippen molar-refractivity contribution in [2.45, 2.75) is 20.8 Å². The molecule has 3 heteroatoms. The highest BCUT2D eigenvalue weighted by Crippen LogP contribution is 2.32. The molecule has 27 heavy (non-hydrogen) atoms. The fourth-order valence-electron chi connectivity index (χ4n) is 3.93. The molecule has 3 aromatic heterocycles. The molecule has 0 saturated carbocycles. The maximum Gasteiger partial charge on any atom is 0.216 e. The van der Waals surface area contributed by atoms with Crippen LogP contribution in [-0.2, 0) is 7.05 Å². The van der Waals surface area contributed by atoms with E-state index in [0.717, 1.165) is 38.7 Å². The van der Waals surface area contributed by atoms with E-state index >= 15 is 0 Å². The summed E-state index contributed by atoms with van der Waals surface area (Å²) < 4.78 is 8.37. The standard InChI is InChI=1S/C24H21N2O/c1-14-5-7-18(16(3)9-14)21-12-22-19(13-26(21)4)24-23(27-22)11-17-10-15(2)6-8-20(17)25-24/h5-13H,1-4H3/q+1. The Morgan fingerprint density at radius 2 is 1.63 bits per heavy atom. The normalized spacial score (nSPS) is 11.7. The van der Waals surface area contributed by atoms with Gasteiger partial charge in [-0.2, -0.15) is 0 Å². The molecule has 132 valence electrons. The van der Waals surface area contributed by atoms with Gasteiger partial charge in [-0.25, -0.2) is 9.55 Å². The summed E-state index contributed by atoms with van der Waals surface area (Å²) in [5.74, 6) is 0. The van der Waals surface area contributed by atoms with Crippen LogP contribution in [0.1, 0.15) is 16.7 Å². The molecule has 0 fully saturated rings. The second kappa shape index (κ2) is 5.65. The highest BCUT2D eigenvalue weighted by Gasteiger charge is 2.19. The number of hydrogen-bond acceptors (Lipinski definition) is 2. The summed E-state index contributed by atoms with van der Waals surface area (Å²) in [7, 11) is 2.08. The molecule has 0 N–H and O–H groups in total. The van der Waals surface area contributed by atoms with Gasteiger partial charge in [-0.1, -0.05) is 29.3 Å². The van der Waals surface area contributed by atoms with E-state index < -0.39 is 0 Å². The summed E-state index contributed by atoms with van der Waals surface area (Å²) in [5, 5.41) is 2.16. The van der Waals surface area contributed by atoms with E-state index in [9.17, 15) is 0 Å². The second-order valence-corrected chi connectivity index (χ2v) is 7.50. The minimum Gasteiger partial charge on any atom is -0.454 e. The van der Waals surface area contributed by atoms with Gasteiger partial charge in [-0.05, 0) is 50.6 Å². The van der Waals surface area contributed by atoms with Crippen LogP contribution in [-0.4, -0.2) is 4.98 Å². The molecule has 0 radical (unpaired) electrons. The third-order valence-electron chi connectivity index (χ3n) is 5.30. The molecule has 0 bridgehead atoms. The summed E-state index contributed by atoms with van der Waals surface area (Å²) in [4.78, 5) is 4.87. The summed E-state index contributed by atoms with van der Waals surface area (Å²) in [6, 6.07) is 17.1. The molecule has 0 aliphatic carbocycles. The lowest BCUT2D eigenvalue weighted by Gasteiger charge is -2.05. The van der Waals surface area contributed by atoms with E-state index in [1.54, 1.807) is 0 Å². The summed E-state index contributed by atoms with van der Waals surface area (Å²) in [6.45, 7) is 6.37. The fourth-order valence-corrected chi connectivity index (χ4v) is 3.93. The van der Waals surface area contributed by atoms with Gasteiger partial charge in [-0.3, -0.25) is 0 Å². The number of benzene rings is 2. The van der Waals surface area contributed by atoms with Gasteiger partial charge in [0.15, 0.2) is 11.8 Å². The summed E-state index contributed by atoms with van der Waals surface area (Å²) in [6.07, 6.45) is 2.13. The van der Waals surface area contributed by atoms with Crippen LogP contribution in [0.4, 0.5) is 0 Å². The zero-order valence-electron chi connectivity index (χ0n) is 16.0. The van der Waals surface area contributed by atoms with E-state index in [0.29, 0.717) is 0 Å². The molecule has 0 aliphatic heterocycles. The van der Waals surface area contributed by atoms with Crippen molar-refractivity contribution in [1.82, 2.24) is 4.98 Å². The first kappa shape index (κ1) is 16.0. The Balaban J connectivity index is 1.80. The molecule has 5 rings (SSSR count). The Labute approximate surface area is 157 Å². The maximum atomic E-state index is 6.21. The number of nitrogens with zero attached hydrogens (tertiary/aromatic N) is 2. The molecule has 5 aromatic rings. The molecule has 0 amide bonds. The molecule has 0 spiro atoms. The van der Waals surface area contributed by atoms with Crippen LogP contribution in [0.15, 0.2) is 59.1 Å². The number of aryl methyl sites for hydroxylation is 4. The molecule has 2 aromatic carbocycles. The minimum absolute atomic E-state index is 0.834. The Hall–Kier alpha value is -3.20. The third-order valence-corrected chi connectivity index (χ3v) is 5.30. The number of rotatable bonds is 1. The molecule has 0 unspecified atom stereocenters. The molecule has 0 saturated heterocycles. The van der Waals surface area contributed by atoms with Crippen molar-refractivity contribution in [3.63, 3.8) is 0 Å². The maximum absolute atomic E-state index is 6.21. The molecular formula is C24H21N2O+. The molecular weight excluding hydrogens is 332 g/mol. The predicted octanol–water partition coefficient (Wildman–Crippen LogP) is 5.55. The molecule has 0 atom stereocenters. The van der Waals surface area contributed by atoms with Gasteiger partial charge in [0.05, 0.1) is 11.6 Å². The van der Waals surface area contributed by atoms with Crippen molar-refractivity contribution < 1.29 is 8.98 Å².